The number of carbonyl (C=O) groups is 2. The average Bonchev–Trinajstić information content (AvgIpc) is 2.38. The van der Waals surface area contributed by atoms with E-state index >= 15 is 0 Å². The van der Waals surface area contributed by atoms with Gasteiger partial charge < -0.3 is 10.0 Å². The van der Waals surface area contributed by atoms with Crippen LogP contribution in [0.1, 0.15) is 33.7 Å². The molecule has 1 amide bonds. The minimum Gasteiger partial charge on any atom is -0.478 e. The summed E-state index contributed by atoms with van der Waals surface area (Å²) in [6, 6.07) is 2.64. The molecular weight excluding hydrogens is 232 g/mol. The maximum Gasteiger partial charge on any atom is 0.335 e. The number of allylic oxidation sites excluding steroid dienone is 1. The molecule has 1 aromatic rings. The summed E-state index contributed by atoms with van der Waals surface area (Å²) in [6.07, 6.45) is 4.78. The number of hydrogen-bond acceptors (Lipinski definition) is 3. The molecule has 1 aromatic heterocycles. The highest BCUT2D eigenvalue weighted by molar-refractivity contribution is 5.95. The Morgan fingerprint density at radius 2 is 2.28 bits per heavy atom. The monoisotopic (exact) mass is 248 g/mol. The topological polar surface area (TPSA) is 70.5 Å². The number of carbonyl (C=O) groups excluding carboxylic acids is 1. The van der Waals surface area contributed by atoms with E-state index in [-0.39, 0.29) is 17.2 Å². The molecule has 0 aliphatic heterocycles. The Bertz CT molecular complexity index is 457. The van der Waals surface area contributed by atoms with E-state index in [1.165, 1.54) is 23.2 Å². The molecule has 1 heterocycles. The predicted molar refractivity (Wildman–Crippen MR) is 67.6 cm³/mol. The molecule has 0 fully saturated rings. The van der Waals surface area contributed by atoms with E-state index in [0.717, 1.165) is 12.8 Å². The number of carboxylic acids is 1. The summed E-state index contributed by atoms with van der Waals surface area (Å²) in [4.78, 5) is 28.2. The second-order valence-corrected chi connectivity index (χ2v) is 3.89. The molecule has 1 N–H and O–H groups in total. The Morgan fingerprint density at radius 1 is 1.56 bits per heavy atom. The van der Waals surface area contributed by atoms with Gasteiger partial charge in [0.2, 0.25) is 0 Å². The summed E-state index contributed by atoms with van der Waals surface area (Å²) >= 11 is 0. The van der Waals surface area contributed by atoms with E-state index in [2.05, 4.69) is 11.6 Å². The third-order valence-corrected chi connectivity index (χ3v) is 2.47. The lowest BCUT2D eigenvalue weighted by Gasteiger charge is -2.16. The van der Waals surface area contributed by atoms with Crippen molar-refractivity contribution in [2.45, 2.75) is 12.8 Å². The van der Waals surface area contributed by atoms with Gasteiger partial charge in [-0.2, -0.15) is 0 Å². The van der Waals surface area contributed by atoms with Crippen LogP contribution in [0.2, 0.25) is 0 Å². The van der Waals surface area contributed by atoms with E-state index in [0.29, 0.717) is 6.54 Å². The minimum atomic E-state index is -1.07. The summed E-state index contributed by atoms with van der Waals surface area (Å²) in [5.74, 6) is -1.34. The smallest absolute Gasteiger partial charge is 0.335 e. The minimum absolute atomic E-state index is 0.0628. The number of pyridine rings is 1. The van der Waals surface area contributed by atoms with Crippen LogP contribution >= 0.6 is 0 Å². The highest BCUT2D eigenvalue weighted by Gasteiger charge is 2.14. The van der Waals surface area contributed by atoms with Gasteiger partial charge in [0.25, 0.3) is 5.91 Å². The van der Waals surface area contributed by atoms with Crippen LogP contribution in [0, 0.1) is 0 Å². The highest BCUT2D eigenvalue weighted by Crippen LogP contribution is 2.05. The molecule has 0 radical (unpaired) electrons. The van der Waals surface area contributed by atoms with E-state index in [1.807, 2.05) is 0 Å². The van der Waals surface area contributed by atoms with Gasteiger partial charge in [-0.15, -0.1) is 6.58 Å². The van der Waals surface area contributed by atoms with Crippen molar-refractivity contribution in [1.82, 2.24) is 9.88 Å². The number of carboxylic acid groups (broad SMARTS) is 1. The van der Waals surface area contributed by atoms with Crippen LogP contribution in [0.3, 0.4) is 0 Å². The largest absolute Gasteiger partial charge is 0.478 e. The van der Waals surface area contributed by atoms with Gasteiger partial charge in [-0.3, -0.25) is 9.78 Å². The molecule has 0 bridgehead atoms. The third-order valence-electron chi connectivity index (χ3n) is 2.47. The first kappa shape index (κ1) is 13.9. The van der Waals surface area contributed by atoms with E-state index in [4.69, 9.17) is 5.11 Å². The van der Waals surface area contributed by atoms with Gasteiger partial charge in [0.15, 0.2) is 0 Å². The first-order valence-corrected chi connectivity index (χ1v) is 5.62. The van der Waals surface area contributed by atoms with Crippen LogP contribution in [-0.2, 0) is 0 Å². The summed E-state index contributed by atoms with van der Waals surface area (Å²) in [5, 5.41) is 8.84. The fourth-order valence-electron chi connectivity index (χ4n) is 1.45. The Kier molecular flexibility index (Phi) is 5.05. The van der Waals surface area contributed by atoms with Crippen molar-refractivity contribution in [3.63, 3.8) is 0 Å². The number of unbranched alkanes of at least 4 members (excludes halogenated alkanes) is 1. The lowest BCUT2D eigenvalue weighted by Crippen LogP contribution is -2.28. The molecule has 0 spiro atoms. The van der Waals surface area contributed by atoms with Gasteiger partial charge in [-0.05, 0) is 25.0 Å². The van der Waals surface area contributed by atoms with Crippen molar-refractivity contribution >= 4 is 11.9 Å². The number of nitrogens with zero attached hydrogens (tertiary/aromatic N) is 2. The van der Waals surface area contributed by atoms with Crippen LogP contribution in [0.5, 0.6) is 0 Å². The Hall–Kier alpha value is -2.17. The number of aromatic carboxylic acids is 1. The average molecular weight is 248 g/mol. The van der Waals surface area contributed by atoms with Gasteiger partial charge >= 0.3 is 5.97 Å². The molecule has 0 atom stereocenters. The van der Waals surface area contributed by atoms with Crippen molar-refractivity contribution in [3.05, 3.63) is 42.2 Å². The van der Waals surface area contributed by atoms with Crippen molar-refractivity contribution in [2.24, 2.45) is 0 Å². The van der Waals surface area contributed by atoms with Gasteiger partial charge in [-0.25, -0.2) is 4.79 Å². The molecule has 18 heavy (non-hydrogen) atoms. The van der Waals surface area contributed by atoms with E-state index in [9.17, 15) is 9.59 Å². The first-order chi connectivity index (χ1) is 8.56. The summed E-state index contributed by atoms with van der Waals surface area (Å²) in [7, 11) is 1.67. The third kappa shape index (κ3) is 3.69. The predicted octanol–water partition coefficient (Wildman–Crippen LogP) is 1.82. The zero-order chi connectivity index (χ0) is 13.5. The molecule has 0 aliphatic carbocycles. The van der Waals surface area contributed by atoms with Crippen molar-refractivity contribution in [3.8, 4) is 0 Å². The second kappa shape index (κ2) is 6.54. The van der Waals surface area contributed by atoms with Crippen molar-refractivity contribution in [2.75, 3.05) is 13.6 Å². The standard InChI is InChI=1S/C13H16N2O3/c1-3-4-5-8-15(2)12(16)11-9-10(13(17)18)6-7-14-11/h3,6-7,9H,1,4-5,8H2,2H3,(H,17,18). The molecule has 5 heteroatoms. The van der Waals surface area contributed by atoms with Crippen LogP contribution in [0.4, 0.5) is 0 Å². The second-order valence-electron chi connectivity index (χ2n) is 3.89. The molecule has 5 nitrogen and oxygen atoms in total. The Balaban J connectivity index is 2.73. The Morgan fingerprint density at radius 3 is 2.89 bits per heavy atom. The molecule has 0 unspecified atom stereocenters. The fourth-order valence-corrected chi connectivity index (χ4v) is 1.45. The fraction of sp³-hybridized carbons (Fsp3) is 0.308. The lowest BCUT2D eigenvalue weighted by molar-refractivity contribution is 0.0696. The molecule has 0 aromatic carbocycles. The Labute approximate surface area is 106 Å². The maximum absolute atomic E-state index is 12.0. The zero-order valence-electron chi connectivity index (χ0n) is 10.3. The summed E-state index contributed by atoms with van der Waals surface area (Å²) in [6.45, 7) is 4.20. The summed E-state index contributed by atoms with van der Waals surface area (Å²) < 4.78 is 0. The molecule has 1 rings (SSSR count). The zero-order valence-corrected chi connectivity index (χ0v) is 10.3. The molecule has 0 saturated carbocycles. The molecular formula is C13H16N2O3. The normalized spacial score (nSPS) is 9.83. The number of aromatic nitrogens is 1. The molecule has 96 valence electrons. The maximum atomic E-state index is 12.0. The van der Waals surface area contributed by atoms with Crippen LogP contribution in [0.25, 0.3) is 0 Å². The number of hydrogen-bond donors (Lipinski definition) is 1. The van der Waals surface area contributed by atoms with Crippen molar-refractivity contribution in [1.29, 1.82) is 0 Å². The van der Waals surface area contributed by atoms with Crippen LogP contribution in [-0.4, -0.2) is 40.5 Å². The summed E-state index contributed by atoms with van der Waals surface area (Å²) in [5.41, 5.74) is 0.212. The highest BCUT2D eigenvalue weighted by atomic mass is 16.4. The first-order valence-electron chi connectivity index (χ1n) is 5.62. The lowest BCUT2D eigenvalue weighted by atomic mass is 10.2. The van der Waals surface area contributed by atoms with E-state index in [1.54, 1.807) is 13.1 Å². The SMILES string of the molecule is C=CCCCN(C)C(=O)c1cc(C(=O)O)ccn1. The van der Waals surface area contributed by atoms with Gasteiger partial charge in [0, 0.05) is 19.8 Å². The number of rotatable bonds is 6. The molecule has 0 saturated heterocycles. The van der Waals surface area contributed by atoms with Crippen molar-refractivity contribution < 1.29 is 14.7 Å². The molecule has 0 aliphatic rings. The van der Waals surface area contributed by atoms with Gasteiger partial charge in [-0.1, -0.05) is 6.08 Å². The van der Waals surface area contributed by atoms with Crippen LogP contribution < -0.4 is 0 Å². The number of amides is 1. The van der Waals surface area contributed by atoms with Gasteiger partial charge in [0.05, 0.1) is 5.56 Å². The van der Waals surface area contributed by atoms with Gasteiger partial charge in [0.1, 0.15) is 5.69 Å². The van der Waals surface area contributed by atoms with E-state index < -0.39 is 5.97 Å². The quantitative estimate of drug-likeness (QED) is 0.615. The van der Waals surface area contributed by atoms with Crippen LogP contribution in [0.15, 0.2) is 31.0 Å².